The molecule has 0 radical (unpaired) electrons. The smallest absolute Gasteiger partial charge is 0.238 e. The molecule has 1 heterocycles. The van der Waals surface area contributed by atoms with Gasteiger partial charge in [-0.15, -0.1) is 0 Å². The summed E-state index contributed by atoms with van der Waals surface area (Å²) in [6.07, 6.45) is 0.640. The molecule has 1 aliphatic rings. The van der Waals surface area contributed by atoms with E-state index in [0.717, 1.165) is 10.0 Å². The van der Waals surface area contributed by atoms with Crippen molar-refractivity contribution in [1.82, 2.24) is 4.90 Å². The van der Waals surface area contributed by atoms with Crippen LogP contribution in [0.15, 0.2) is 76.2 Å². The second-order valence-corrected chi connectivity index (χ2v) is 10.7. The van der Waals surface area contributed by atoms with Crippen LogP contribution in [0.5, 0.6) is 11.5 Å². The number of halogens is 2. The number of methoxy groups -OCH3 is 2. The van der Waals surface area contributed by atoms with E-state index < -0.39 is 5.25 Å². The molecule has 1 fully saturated rings. The van der Waals surface area contributed by atoms with E-state index in [1.165, 1.54) is 11.8 Å². The van der Waals surface area contributed by atoms with Gasteiger partial charge in [0.2, 0.25) is 11.8 Å². The number of aliphatic imine (C=N–C) groups is 1. The van der Waals surface area contributed by atoms with Gasteiger partial charge in [0.1, 0.15) is 5.25 Å². The van der Waals surface area contributed by atoms with Gasteiger partial charge in [-0.2, -0.15) is 0 Å². The van der Waals surface area contributed by atoms with E-state index in [9.17, 15) is 9.59 Å². The fourth-order valence-electron chi connectivity index (χ4n) is 3.72. The summed E-state index contributed by atoms with van der Waals surface area (Å²) in [7, 11) is 3.17. The van der Waals surface area contributed by atoms with Crippen molar-refractivity contribution in [2.24, 2.45) is 4.99 Å². The lowest BCUT2D eigenvalue weighted by atomic mass is 10.1. The van der Waals surface area contributed by atoms with Crippen LogP contribution in [0.4, 0.5) is 11.4 Å². The lowest BCUT2D eigenvalue weighted by molar-refractivity contribution is -0.129. The lowest BCUT2D eigenvalue weighted by Crippen LogP contribution is -2.46. The van der Waals surface area contributed by atoms with E-state index in [0.29, 0.717) is 46.0 Å². The van der Waals surface area contributed by atoms with Crippen LogP contribution in [0.1, 0.15) is 12.0 Å². The molecule has 3 aromatic carbocycles. The van der Waals surface area contributed by atoms with E-state index in [1.54, 1.807) is 55.5 Å². The minimum atomic E-state index is -0.612. The topological polar surface area (TPSA) is 80.2 Å². The summed E-state index contributed by atoms with van der Waals surface area (Å²) in [5, 5.41) is 3.35. The summed E-state index contributed by atoms with van der Waals surface area (Å²) in [5.41, 5.74) is 2.29. The highest BCUT2D eigenvalue weighted by Gasteiger charge is 2.35. The molecular formula is C27H25BrClN3O4S. The number of carbonyl (C=O) groups is 2. The first-order valence-electron chi connectivity index (χ1n) is 11.4. The van der Waals surface area contributed by atoms with Crippen LogP contribution in [0.2, 0.25) is 5.02 Å². The van der Waals surface area contributed by atoms with E-state index >= 15 is 0 Å². The number of amidine groups is 1. The number of anilines is 1. The fourth-order valence-corrected chi connectivity index (χ4v) is 5.24. The third-order valence-electron chi connectivity index (χ3n) is 5.67. The highest BCUT2D eigenvalue weighted by molar-refractivity contribution is 9.10. The molecule has 1 atom stereocenters. The maximum Gasteiger partial charge on any atom is 0.238 e. The first-order valence-corrected chi connectivity index (χ1v) is 13.5. The van der Waals surface area contributed by atoms with Gasteiger partial charge in [0.05, 0.1) is 19.9 Å². The van der Waals surface area contributed by atoms with Gasteiger partial charge in [-0.3, -0.25) is 14.5 Å². The molecule has 0 saturated carbocycles. The van der Waals surface area contributed by atoms with E-state index in [4.69, 9.17) is 26.1 Å². The summed E-state index contributed by atoms with van der Waals surface area (Å²) < 4.78 is 11.6. The minimum absolute atomic E-state index is 0.0681. The molecule has 0 spiro atoms. The van der Waals surface area contributed by atoms with E-state index in [2.05, 4.69) is 21.2 Å². The number of rotatable bonds is 8. The Morgan fingerprint density at radius 2 is 1.78 bits per heavy atom. The van der Waals surface area contributed by atoms with Gasteiger partial charge in [0, 0.05) is 28.1 Å². The fraction of sp³-hybridized carbons (Fsp3) is 0.222. The second kappa shape index (κ2) is 12.5. The van der Waals surface area contributed by atoms with Crippen molar-refractivity contribution in [2.45, 2.75) is 18.1 Å². The zero-order valence-corrected chi connectivity index (χ0v) is 23.4. The molecule has 1 aliphatic heterocycles. The molecule has 10 heteroatoms. The first kappa shape index (κ1) is 27.0. The average Bonchev–Trinajstić information content (AvgIpc) is 2.90. The largest absolute Gasteiger partial charge is 0.493 e. The Morgan fingerprint density at radius 1 is 1.08 bits per heavy atom. The van der Waals surface area contributed by atoms with Crippen LogP contribution in [0.25, 0.3) is 0 Å². The Kier molecular flexibility index (Phi) is 9.13. The molecule has 0 aliphatic carbocycles. The third kappa shape index (κ3) is 7.06. The summed E-state index contributed by atoms with van der Waals surface area (Å²) in [6, 6.07) is 20.0. The third-order valence-corrected chi connectivity index (χ3v) is 7.64. The predicted molar refractivity (Wildman–Crippen MR) is 152 cm³/mol. The first-order chi connectivity index (χ1) is 17.9. The van der Waals surface area contributed by atoms with Gasteiger partial charge >= 0.3 is 0 Å². The molecule has 1 N–H and O–H groups in total. The monoisotopic (exact) mass is 601 g/mol. The Morgan fingerprint density at radius 3 is 2.46 bits per heavy atom. The summed E-state index contributed by atoms with van der Waals surface area (Å²) in [6.45, 7) is 0.398. The normalized spacial score (nSPS) is 16.5. The summed E-state index contributed by atoms with van der Waals surface area (Å²) in [4.78, 5) is 32.7. The van der Waals surface area contributed by atoms with Gasteiger partial charge in [0.25, 0.3) is 0 Å². The molecular weight excluding hydrogens is 578 g/mol. The number of nitrogens with zero attached hydrogens (tertiary/aromatic N) is 2. The van der Waals surface area contributed by atoms with Crippen molar-refractivity contribution in [3.8, 4) is 11.5 Å². The van der Waals surface area contributed by atoms with Gasteiger partial charge in [-0.1, -0.05) is 45.4 Å². The van der Waals surface area contributed by atoms with Crippen LogP contribution in [-0.2, 0) is 16.0 Å². The zero-order chi connectivity index (χ0) is 26.4. The van der Waals surface area contributed by atoms with Crippen LogP contribution in [0, 0.1) is 0 Å². The lowest BCUT2D eigenvalue weighted by Gasteiger charge is -2.32. The molecule has 4 rings (SSSR count). The molecule has 1 unspecified atom stereocenters. The Balaban J connectivity index is 1.55. The Bertz CT molecular complexity index is 1300. The standard InChI is InChI=1S/C27H25BrClN3O4S/c1-35-22-12-3-17(15-23(22)36-2)13-14-32-25(33)16-24(26(34)30-20-8-4-18(28)5-9-20)37-27(32)31-21-10-6-19(29)7-11-21/h3-12,15,24H,13-14,16H2,1-2H3,(H,30,34). The molecule has 1 saturated heterocycles. The minimum Gasteiger partial charge on any atom is -0.493 e. The Labute approximate surface area is 233 Å². The number of amides is 2. The highest BCUT2D eigenvalue weighted by atomic mass is 79.9. The number of ether oxygens (including phenoxy) is 2. The SMILES string of the molecule is COc1ccc(CCN2C(=O)CC(C(=O)Nc3ccc(Br)cc3)SC2=Nc2ccc(Cl)cc2)cc1OC. The number of hydrogen-bond acceptors (Lipinski definition) is 6. The van der Waals surface area contributed by atoms with E-state index in [1.807, 2.05) is 30.3 Å². The second-order valence-electron chi connectivity index (χ2n) is 8.16. The Hall–Kier alpha value is -3.01. The van der Waals surface area contributed by atoms with Gasteiger partial charge in [-0.05, 0) is 72.6 Å². The predicted octanol–water partition coefficient (Wildman–Crippen LogP) is 6.32. The molecule has 0 aromatic heterocycles. The molecule has 3 aromatic rings. The zero-order valence-electron chi connectivity index (χ0n) is 20.2. The number of carbonyl (C=O) groups excluding carboxylic acids is 2. The maximum absolute atomic E-state index is 13.3. The van der Waals surface area contributed by atoms with Crippen LogP contribution < -0.4 is 14.8 Å². The van der Waals surface area contributed by atoms with Crippen molar-refractivity contribution in [2.75, 3.05) is 26.1 Å². The van der Waals surface area contributed by atoms with Gasteiger partial charge in [-0.25, -0.2) is 4.99 Å². The molecule has 192 valence electrons. The van der Waals surface area contributed by atoms with Crippen LogP contribution in [0.3, 0.4) is 0 Å². The average molecular weight is 603 g/mol. The van der Waals surface area contributed by atoms with Crippen molar-refractivity contribution < 1.29 is 19.1 Å². The van der Waals surface area contributed by atoms with Gasteiger partial charge < -0.3 is 14.8 Å². The molecule has 7 nitrogen and oxygen atoms in total. The van der Waals surface area contributed by atoms with Crippen molar-refractivity contribution in [3.63, 3.8) is 0 Å². The maximum atomic E-state index is 13.3. The van der Waals surface area contributed by atoms with E-state index in [-0.39, 0.29) is 18.2 Å². The molecule has 2 amide bonds. The molecule has 37 heavy (non-hydrogen) atoms. The highest BCUT2D eigenvalue weighted by Crippen LogP contribution is 2.32. The van der Waals surface area contributed by atoms with Crippen LogP contribution in [-0.4, -0.2) is 47.9 Å². The van der Waals surface area contributed by atoms with Crippen molar-refractivity contribution in [3.05, 3.63) is 81.8 Å². The summed E-state index contributed by atoms with van der Waals surface area (Å²) in [5.74, 6) is 0.853. The van der Waals surface area contributed by atoms with Crippen molar-refractivity contribution in [1.29, 1.82) is 0 Å². The number of thioether (sulfide) groups is 1. The summed E-state index contributed by atoms with van der Waals surface area (Å²) >= 11 is 10.7. The number of hydrogen-bond donors (Lipinski definition) is 1. The van der Waals surface area contributed by atoms with Crippen LogP contribution >= 0.6 is 39.3 Å². The number of benzene rings is 3. The number of nitrogens with one attached hydrogen (secondary N) is 1. The van der Waals surface area contributed by atoms with Gasteiger partial charge in [0.15, 0.2) is 16.7 Å². The molecule has 0 bridgehead atoms. The van der Waals surface area contributed by atoms with Crippen molar-refractivity contribution >= 4 is 67.6 Å². The quantitative estimate of drug-likeness (QED) is 0.326.